The number of hydrogen-bond donors (Lipinski definition) is 1. The van der Waals surface area contributed by atoms with E-state index in [9.17, 15) is 9.18 Å². The Balaban J connectivity index is 2.28. The maximum absolute atomic E-state index is 13.3. The molecule has 5 heteroatoms. The molecule has 1 amide bonds. The molecule has 2 aromatic rings. The second kappa shape index (κ2) is 5.84. The van der Waals surface area contributed by atoms with Crippen LogP contribution in [-0.2, 0) is 0 Å². The number of halogens is 3. The Morgan fingerprint density at radius 1 is 1.11 bits per heavy atom. The average Bonchev–Trinajstić information content (AvgIpc) is 2.32. The minimum atomic E-state index is -0.453. The molecule has 2 aromatic carbocycles. The van der Waals surface area contributed by atoms with E-state index in [1.54, 1.807) is 6.07 Å². The van der Waals surface area contributed by atoms with Crippen LogP contribution in [0.15, 0.2) is 45.3 Å². The molecule has 1 N–H and O–H groups in total. The highest BCUT2D eigenvalue weighted by atomic mass is 79.9. The lowest BCUT2D eigenvalue weighted by molar-refractivity contribution is 0.102. The van der Waals surface area contributed by atoms with Gasteiger partial charge in [0.2, 0.25) is 0 Å². The molecule has 0 aliphatic heterocycles. The molecule has 0 saturated heterocycles. The van der Waals surface area contributed by atoms with E-state index in [1.807, 2.05) is 25.1 Å². The predicted octanol–water partition coefficient (Wildman–Crippen LogP) is 4.91. The van der Waals surface area contributed by atoms with Crippen LogP contribution in [0.5, 0.6) is 0 Å². The van der Waals surface area contributed by atoms with Crippen molar-refractivity contribution < 1.29 is 9.18 Å². The van der Waals surface area contributed by atoms with Gasteiger partial charge in [-0.05, 0) is 42.8 Å². The molecule has 0 aliphatic carbocycles. The Labute approximate surface area is 127 Å². The van der Waals surface area contributed by atoms with Crippen molar-refractivity contribution in [3.8, 4) is 0 Å². The molecule has 0 aliphatic rings. The molecule has 19 heavy (non-hydrogen) atoms. The highest BCUT2D eigenvalue weighted by Crippen LogP contribution is 2.22. The molecule has 0 heterocycles. The molecular formula is C14H10Br2FNO. The molecule has 0 spiro atoms. The van der Waals surface area contributed by atoms with E-state index in [1.165, 1.54) is 12.1 Å². The van der Waals surface area contributed by atoms with Gasteiger partial charge in [0.25, 0.3) is 5.91 Å². The fourth-order valence-corrected chi connectivity index (χ4v) is 2.43. The van der Waals surface area contributed by atoms with Crippen LogP contribution in [0.3, 0.4) is 0 Å². The number of benzene rings is 2. The summed E-state index contributed by atoms with van der Waals surface area (Å²) < 4.78 is 14.7. The average molecular weight is 387 g/mol. The van der Waals surface area contributed by atoms with Crippen LogP contribution in [0.4, 0.5) is 10.1 Å². The molecule has 0 atom stereocenters. The van der Waals surface area contributed by atoms with Crippen LogP contribution >= 0.6 is 31.9 Å². The summed E-state index contributed by atoms with van der Waals surface area (Å²) in [6, 6.07) is 9.67. The van der Waals surface area contributed by atoms with Gasteiger partial charge in [0.15, 0.2) is 0 Å². The zero-order chi connectivity index (χ0) is 14.0. The second-order valence-electron chi connectivity index (χ2n) is 4.07. The van der Waals surface area contributed by atoms with Gasteiger partial charge >= 0.3 is 0 Å². The predicted molar refractivity (Wildman–Crippen MR) is 80.9 cm³/mol. The summed E-state index contributed by atoms with van der Waals surface area (Å²) in [5.41, 5.74) is 1.90. The van der Waals surface area contributed by atoms with Gasteiger partial charge in [-0.1, -0.05) is 37.9 Å². The Morgan fingerprint density at radius 2 is 1.84 bits per heavy atom. The number of carbonyl (C=O) groups is 1. The number of rotatable bonds is 2. The first kappa shape index (κ1) is 14.2. The van der Waals surface area contributed by atoms with E-state index < -0.39 is 5.82 Å². The van der Waals surface area contributed by atoms with Gasteiger partial charge in [0.1, 0.15) is 5.82 Å². The summed E-state index contributed by atoms with van der Waals surface area (Å²) in [4.78, 5) is 12.1. The second-order valence-corrected chi connectivity index (χ2v) is 5.90. The van der Waals surface area contributed by atoms with Crippen LogP contribution in [0, 0.1) is 12.7 Å². The zero-order valence-corrected chi connectivity index (χ0v) is 13.2. The summed E-state index contributed by atoms with van der Waals surface area (Å²) in [5.74, 6) is -0.799. The van der Waals surface area contributed by atoms with Crippen molar-refractivity contribution >= 4 is 43.5 Å². The van der Waals surface area contributed by atoms with Crippen molar-refractivity contribution in [3.63, 3.8) is 0 Å². The number of carbonyl (C=O) groups excluding carboxylic acids is 1. The Bertz CT molecular complexity index is 623. The first-order valence-corrected chi connectivity index (χ1v) is 7.08. The smallest absolute Gasteiger partial charge is 0.255 e. The molecule has 0 saturated carbocycles. The van der Waals surface area contributed by atoms with E-state index in [-0.39, 0.29) is 11.5 Å². The molecule has 0 radical (unpaired) electrons. The number of hydrogen-bond acceptors (Lipinski definition) is 1. The summed E-state index contributed by atoms with van der Waals surface area (Å²) in [6.45, 7) is 1.89. The normalized spacial score (nSPS) is 10.3. The van der Waals surface area contributed by atoms with Crippen LogP contribution in [0.1, 0.15) is 15.9 Å². The first-order valence-electron chi connectivity index (χ1n) is 5.49. The SMILES string of the molecule is Cc1ccc(Br)cc1NC(=O)c1cc(F)cc(Br)c1. The molecule has 2 nitrogen and oxygen atoms in total. The number of nitrogens with one attached hydrogen (secondary N) is 1. The maximum atomic E-state index is 13.3. The van der Waals surface area contributed by atoms with Crippen LogP contribution in [0.25, 0.3) is 0 Å². The lowest BCUT2D eigenvalue weighted by atomic mass is 10.1. The minimum absolute atomic E-state index is 0.270. The lowest BCUT2D eigenvalue weighted by Gasteiger charge is -2.09. The summed E-state index contributed by atoms with van der Waals surface area (Å²) in [7, 11) is 0. The standard InChI is InChI=1S/C14H10Br2FNO/c1-8-2-3-10(15)7-13(8)18-14(19)9-4-11(16)6-12(17)5-9/h2-7H,1H3,(H,18,19). The topological polar surface area (TPSA) is 29.1 Å². The van der Waals surface area contributed by atoms with Crippen LogP contribution < -0.4 is 5.32 Å². The lowest BCUT2D eigenvalue weighted by Crippen LogP contribution is -2.13. The van der Waals surface area contributed by atoms with Gasteiger partial charge in [-0.2, -0.15) is 0 Å². The first-order chi connectivity index (χ1) is 8.95. The van der Waals surface area contributed by atoms with Gasteiger partial charge in [0.05, 0.1) is 0 Å². The Morgan fingerprint density at radius 3 is 2.53 bits per heavy atom. The van der Waals surface area contributed by atoms with Gasteiger partial charge < -0.3 is 5.32 Å². The highest BCUT2D eigenvalue weighted by molar-refractivity contribution is 9.10. The fourth-order valence-electron chi connectivity index (χ4n) is 1.61. The van der Waals surface area contributed by atoms with Crippen LogP contribution in [0.2, 0.25) is 0 Å². The molecule has 0 bridgehead atoms. The summed E-state index contributed by atoms with van der Waals surface area (Å²) >= 11 is 6.51. The molecule has 0 unspecified atom stereocenters. The largest absolute Gasteiger partial charge is 0.322 e. The quantitative estimate of drug-likeness (QED) is 0.780. The van der Waals surface area contributed by atoms with Gasteiger partial charge in [-0.25, -0.2) is 4.39 Å². The molecular weight excluding hydrogens is 377 g/mol. The summed E-state index contributed by atoms with van der Waals surface area (Å²) in [6.07, 6.45) is 0. The third-order valence-electron chi connectivity index (χ3n) is 2.57. The maximum Gasteiger partial charge on any atom is 0.255 e. The Hall–Kier alpha value is -1.20. The third-order valence-corrected chi connectivity index (χ3v) is 3.52. The van der Waals surface area contributed by atoms with Crippen molar-refractivity contribution in [2.75, 3.05) is 5.32 Å². The molecule has 0 fully saturated rings. The highest BCUT2D eigenvalue weighted by Gasteiger charge is 2.10. The number of amides is 1. The fraction of sp³-hybridized carbons (Fsp3) is 0.0714. The van der Waals surface area contributed by atoms with E-state index in [0.29, 0.717) is 10.2 Å². The number of anilines is 1. The number of aryl methyl sites for hydroxylation is 1. The Kier molecular flexibility index (Phi) is 4.37. The third kappa shape index (κ3) is 3.64. The van der Waals surface area contributed by atoms with Gasteiger partial charge in [-0.15, -0.1) is 0 Å². The van der Waals surface area contributed by atoms with E-state index in [4.69, 9.17) is 0 Å². The van der Waals surface area contributed by atoms with E-state index in [0.717, 1.165) is 10.0 Å². The molecule has 98 valence electrons. The molecule has 2 rings (SSSR count). The van der Waals surface area contributed by atoms with Gasteiger partial charge in [0, 0.05) is 20.2 Å². The van der Waals surface area contributed by atoms with Crippen molar-refractivity contribution in [2.24, 2.45) is 0 Å². The van der Waals surface area contributed by atoms with Gasteiger partial charge in [-0.3, -0.25) is 4.79 Å². The van der Waals surface area contributed by atoms with Crippen LogP contribution in [-0.4, -0.2) is 5.91 Å². The van der Waals surface area contributed by atoms with Crippen molar-refractivity contribution in [1.82, 2.24) is 0 Å². The van der Waals surface area contributed by atoms with E-state index in [2.05, 4.69) is 37.2 Å². The van der Waals surface area contributed by atoms with Crippen molar-refractivity contribution in [3.05, 3.63) is 62.3 Å². The minimum Gasteiger partial charge on any atom is -0.322 e. The van der Waals surface area contributed by atoms with Crippen molar-refractivity contribution in [2.45, 2.75) is 6.92 Å². The van der Waals surface area contributed by atoms with E-state index >= 15 is 0 Å². The summed E-state index contributed by atoms with van der Waals surface area (Å²) in [5, 5.41) is 2.77. The zero-order valence-electron chi connectivity index (χ0n) is 10.0. The molecule has 0 aromatic heterocycles. The van der Waals surface area contributed by atoms with Crippen molar-refractivity contribution in [1.29, 1.82) is 0 Å². The monoisotopic (exact) mass is 385 g/mol.